The number of likely N-dealkylation sites (tertiary alicyclic amines) is 1. The molecule has 6 rings (SSSR count). The normalized spacial score (nSPS) is 21.2. The Hall–Kier alpha value is -3.11. The third-order valence-corrected chi connectivity index (χ3v) is 8.64. The molecule has 2 saturated heterocycles. The van der Waals surface area contributed by atoms with Crippen LogP contribution in [0.25, 0.3) is 0 Å². The Morgan fingerprint density at radius 3 is 1.97 bits per heavy atom. The van der Waals surface area contributed by atoms with Gasteiger partial charge in [-0.2, -0.15) is 0 Å². The molecule has 3 aromatic rings. The molecule has 4 heteroatoms. The van der Waals surface area contributed by atoms with Gasteiger partial charge in [-0.1, -0.05) is 60.7 Å². The van der Waals surface area contributed by atoms with Crippen molar-refractivity contribution >= 4 is 12.0 Å². The lowest BCUT2D eigenvalue weighted by Crippen LogP contribution is -2.29. The van der Waals surface area contributed by atoms with Gasteiger partial charge in [-0.3, -0.25) is 4.90 Å². The Bertz CT molecular complexity index is 1080. The summed E-state index contributed by atoms with van der Waals surface area (Å²) in [6.07, 6.45) is 13.8. The van der Waals surface area contributed by atoms with E-state index >= 15 is 0 Å². The number of benzene rings is 3. The summed E-state index contributed by atoms with van der Waals surface area (Å²) in [4.78, 5) is 15.7. The van der Waals surface area contributed by atoms with E-state index in [1.54, 1.807) is 6.07 Å². The summed E-state index contributed by atoms with van der Waals surface area (Å²) >= 11 is 0. The minimum atomic E-state index is 0.408. The zero-order valence-corrected chi connectivity index (χ0v) is 23.5. The zero-order chi connectivity index (χ0) is 27.2. The van der Waals surface area contributed by atoms with Crippen LogP contribution in [0.5, 0.6) is 5.75 Å². The van der Waals surface area contributed by atoms with Crippen LogP contribution in [-0.4, -0.2) is 49.0 Å². The highest BCUT2D eigenvalue weighted by Gasteiger charge is 2.34. The van der Waals surface area contributed by atoms with Gasteiger partial charge in [-0.25, -0.2) is 0 Å². The zero-order valence-electron chi connectivity index (χ0n) is 23.5. The first kappa shape index (κ1) is 28.9. The van der Waals surface area contributed by atoms with Crippen LogP contribution in [0.2, 0.25) is 0 Å². The highest BCUT2D eigenvalue weighted by atomic mass is 16.3. The van der Waals surface area contributed by atoms with Crippen LogP contribution in [0.4, 0.5) is 5.69 Å². The van der Waals surface area contributed by atoms with E-state index in [2.05, 4.69) is 40.1 Å². The largest absolute Gasteiger partial charge is 0.508 e. The van der Waals surface area contributed by atoms with Crippen LogP contribution < -0.4 is 4.90 Å². The quantitative estimate of drug-likeness (QED) is 0.364. The molecular formula is C35H46N2O2. The number of anilines is 1. The SMILES string of the molecule is O=CCN1CCCC2(CCCN(c3ccccc3)CC2)CC1.Oc1ccc2c(c1)CCCC2.c1ccccc1. The van der Waals surface area contributed by atoms with Crippen molar-refractivity contribution in [2.24, 2.45) is 5.41 Å². The van der Waals surface area contributed by atoms with E-state index < -0.39 is 0 Å². The van der Waals surface area contributed by atoms with E-state index in [9.17, 15) is 9.90 Å². The van der Waals surface area contributed by atoms with Crippen LogP contribution in [0.3, 0.4) is 0 Å². The van der Waals surface area contributed by atoms with Gasteiger partial charge < -0.3 is 14.8 Å². The second kappa shape index (κ2) is 15.5. The molecule has 1 aliphatic carbocycles. The number of para-hydroxylation sites is 1. The van der Waals surface area contributed by atoms with Crippen molar-refractivity contribution < 1.29 is 9.90 Å². The molecule has 0 bridgehead atoms. The highest BCUT2D eigenvalue weighted by Crippen LogP contribution is 2.41. The summed E-state index contributed by atoms with van der Waals surface area (Å²) < 4.78 is 0. The maximum atomic E-state index is 10.8. The molecule has 4 nitrogen and oxygen atoms in total. The topological polar surface area (TPSA) is 43.8 Å². The van der Waals surface area contributed by atoms with Gasteiger partial charge >= 0.3 is 0 Å². The number of phenols is 1. The molecule has 0 radical (unpaired) electrons. The standard InChI is InChI=1S/C19H28N2O.C10H12O.C6H6/c22-17-16-20-12-4-8-19(10-14-20)9-5-13-21(15-11-19)18-6-2-1-3-7-18;11-10-6-5-8-3-1-2-4-9(8)7-10;1-2-4-6-5-3-1/h1-3,6-7,17H,4-5,8-16H2;5-7,11H,1-4H2;1-6H. The smallest absolute Gasteiger partial charge is 0.133 e. The summed E-state index contributed by atoms with van der Waals surface area (Å²) in [5, 5.41) is 9.19. The highest BCUT2D eigenvalue weighted by molar-refractivity contribution is 5.52. The maximum Gasteiger partial charge on any atom is 0.133 e. The van der Waals surface area contributed by atoms with Crippen molar-refractivity contribution in [3.63, 3.8) is 0 Å². The van der Waals surface area contributed by atoms with Gasteiger partial charge in [-0.15, -0.1) is 0 Å². The third kappa shape index (κ3) is 9.25. The molecule has 2 aliphatic heterocycles. The van der Waals surface area contributed by atoms with Crippen molar-refractivity contribution in [1.82, 2.24) is 4.90 Å². The van der Waals surface area contributed by atoms with Gasteiger partial charge in [0.1, 0.15) is 12.0 Å². The maximum absolute atomic E-state index is 10.8. The Labute approximate surface area is 235 Å². The first-order valence-electron chi connectivity index (χ1n) is 14.9. The Balaban J connectivity index is 0.000000170. The number of aldehydes is 1. The summed E-state index contributed by atoms with van der Waals surface area (Å²) in [5.41, 5.74) is 4.65. The lowest BCUT2D eigenvalue weighted by Gasteiger charge is -2.32. The number of aromatic hydroxyl groups is 1. The van der Waals surface area contributed by atoms with E-state index in [0.717, 1.165) is 25.8 Å². The fourth-order valence-electron chi connectivity index (χ4n) is 6.35. The van der Waals surface area contributed by atoms with Crippen LogP contribution in [-0.2, 0) is 17.6 Å². The number of carbonyl (C=O) groups excluding carboxylic acids is 1. The van der Waals surface area contributed by atoms with E-state index in [0.29, 0.717) is 17.7 Å². The van der Waals surface area contributed by atoms with Crippen molar-refractivity contribution in [3.05, 3.63) is 96.1 Å². The molecule has 3 aliphatic rings. The minimum Gasteiger partial charge on any atom is -0.508 e. The minimum absolute atomic E-state index is 0.408. The molecule has 2 heterocycles. The van der Waals surface area contributed by atoms with Gasteiger partial charge in [0.15, 0.2) is 0 Å². The van der Waals surface area contributed by atoms with Gasteiger partial charge in [0.25, 0.3) is 0 Å². The summed E-state index contributed by atoms with van der Waals surface area (Å²) in [5.74, 6) is 0.408. The number of phenolic OH excluding ortho intramolecular Hbond substituents is 1. The lowest BCUT2D eigenvalue weighted by molar-refractivity contribution is -0.108. The number of nitrogens with zero attached hydrogens (tertiary/aromatic N) is 2. The molecule has 1 N–H and O–H groups in total. The second-order valence-electron chi connectivity index (χ2n) is 11.3. The summed E-state index contributed by atoms with van der Waals surface area (Å²) in [6.45, 7) is 5.18. The van der Waals surface area contributed by atoms with Gasteiger partial charge in [0.05, 0.1) is 6.54 Å². The third-order valence-electron chi connectivity index (χ3n) is 8.64. The number of fused-ring (bicyclic) bond motifs is 1. The predicted octanol–water partition coefficient (Wildman–Crippen LogP) is 7.31. The number of hydrogen-bond acceptors (Lipinski definition) is 4. The fraction of sp³-hybridized carbons (Fsp3) is 0.457. The van der Waals surface area contributed by atoms with Crippen LogP contribution in [0.1, 0.15) is 62.5 Å². The molecule has 1 spiro atoms. The van der Waals surface area contributed by atoms with Crippen LogP contribution >= 0.6 is 0 Å². The van der Waals surface area contributed by atoms with Gasteiger partial charge in [0.2, 0.25) is 0 Å². The van der Waals surface area contributed by atoms with Crippen LogP contribution in [0.15, 0.2) is 84.9 Å². The van der Waals surface area contributed by atoms with Crippen molar-refractivity contribution in [1.29, 1.82) is 0 Å². The number of carbonyl (C=O) groups is 1. The summed E-state index contributed by atoms with van der Waals surface area (Å²) in [6, 6.07) is 28.6. The number of aryl methyl sites for hydroxylation is 2. The van der Waals surface area contributed by atoms with Gasteiger partial charge in [-0.05, 0) is 118 Å². The molecule has 1 atom stereocenters. The molecular weight excluding hydrogens is 480 g/mol. The Kier molecular flexibility index (Phi) is 11.5. The summed E-state index contributed by atoms with van der Waals surface area (Å²) in [7, 11) is 0. The Morgan fingerprint density at radius 2 is 1.28 bits per heavy atom. The predicted molar refractivity (Wildman–Crippen MR) is 162 cm³/mol. The van der Waals surface area contributed by atoms with E-state index in [-0.39, 0.29) is 0 Å². The molecule has 3 aromatic carbocycles. The van der Waals surface area contributed by atoms with Crippen molar-refractivity contribution in [2.75, 3.05) is 37.6 Å². The molecule has 2 fully saturated rings. The lowest BCUT2D eigenvalue weighted by atomic mass is 9.75. The first-order valence-corrected chi connectivity index (χ1v) is 14.9. The molecule has 0 aromatic heterocycles. The second-order valence-corrected chi connectivity index (χ2v) is 11.3. The van der Waals surface area contributed by atoms with E-state index in [4.69, 9.17) is 0 Å². The average Bonchev–Trinajstić information content (AvgIpc) is 3.33. The van der Waals surface area contributed by atoms with E-state index in [1.807, 2.05) is 48.5 Å². The van der Waals surface area contributed by atoms with E-state index in [1.165, 1.54) is 87.7 Å². The fourth-order valence-corrected chi connectivity index (χ4v) is 6.35. The number of hydrogen-bond donors (Lipinski definition) is 1. The first-order chi connectivity index (χ1) is 19.2. The molecule has 208 valence electrons. The monoisotopic (exact) mass is 526 g/mol. The molecule has 0 amide bonds. The molecule has 0 saturated carbocycles. The Morgan fingerprint density at radius 1 is 0.667 bits per heavy atom. The van der Waals surface area contributed by atoms with Crippen molar-refractivity contribution in [2.45, 2.75) is 64.2 Å². The average molecular weight is 527 g/mol. The molecule has 1 unspecified atom stereocenters. The van der Waals surface area contributed by atoms with Crippen LogP contribution in [0, 0.1) is 5.41 Å². The molecule has 39 heavy (non-hydrogen) atoms. The number of rotatable bonds is 3. The van der Waals surface area contributed by atoms with Crippen molar-refractivity contribution in [3.8, 4) is 5.75 Å². The van der Waals surface area contributed by atoms with Gasteiger partial charge in [0, 0.05) is 18.8 Å².